The van der Waals surface area contributed by atoms with Crippen molar-refractivity contribution in [2.24, 2.45) is 5.73 Å². The first kappa shape index (κ1) is 12.8. The summed E-state index contributed by atoms with van der Waals surface area (Å²) in [6, 6.07) is 0. The van der Waals surface area contributed by atoms with Crippen LogP contribution in [-0.2, 0) is 9.84 Å². The van der Waals surface area contributed by atoms with Crippen molar-refractivity contribution < 1.29 is 13.2 Å². The highest BCUT2D eigenvalue weighted by atomic mass is 32.2. The van der Waals surface area contributed by atoms with Crippen LogP contribution in [0.5, 0.6) is 0 Å². The molecule has 0 saturated heterocycles. The molecule has 16 heavy (non-hydrogen) atoms. The van der Waals surface area contributed by atoms with Gasteiger partial charge in [-0.2, -0.15) is 0 Å². The number of thiophene rings is 1. The minimum Gasteiger partial charge on any atom is -0.396 e. The predicted octanol–water partition coefficient (Wildman–Crippen LogP) is 0.265. The molecule has 8 heteroatoms. The third-order valence-corrected chi connectivity index (χ3v) is 4.30. The highest BCUT2D eigenvalue weighted by Gasteiger charge is 2.25. The summed E-state index contributed by atoms with van der Waals surface area (Å²) < 4.78 is 23.0. The first-order valence-electron chi connectivity index (χ1n) is 4.45. The molecule has 0 aliphatic heterocycles. The lowest BCUT2D eigenvalue weighted by Crippen LogP contribution is -2.12. The Balaban J connectivity index is 3.50. The van der Waals surface area contributed by atoms with E-state index in [1.165, 1.54) is 0 Å². The second kappa shape index (κ2) is 4.30. The molecule has 0 aromatic carbocycles. The van der Waals surface area contributed by atoms with Crippen molar-refractivity contribution >= 4 is 37.8 Å². The Morgan fingerprint density at radius 3 is 2.44 bits per heavy atom. The number of amides is 1. The van der Waals surface area contributed by atoms with E-state index in [1.54, 1.807) is 0 Å². The molecule has 1 aromatic rings. The molecule has 0 saturated carbocycles. The summed E-state index contributed by atoms with van der Waals surface area (Å²) in [6.07, 6.45) is 1.04. The van der Waals surface area contributed by atoms with Crippen LogP contribution in [0, 0.1) is 0 Å². The van der Waals surface area contributed by atoms with E-state index < -0.39 is 15.7 Å². The molecule has 1 aromatic heterocycles. The van der Waals surface area contributed by atoms with Crippen LogP contribution in [0.4, 0.5) is 10.7 Å². The van der Waals surface area contributed by atoms with Crippen LogP contribution >= 0.6 is 11.3 Å². The van der Waals surface area contributed by atoms with Crippen molar-refractivity contribution in [3.05, 3.63) is 4.88 Å². The number of carbonyl (C=O) groups is 1. The largest absolute Gasteiger partial charge is 0.396 e. The number of sulfone groups is 1. The molecule has 5 N–H and O–H groups in total. The quantitative estimate of drug-likeness (QED) is 0.721. The maximum Gasteiger partial charge on any atom is 0.261 e. The zero-order valence-corrected chi connectivity index (χ0v) is 10.5. The summed E-state index contributed by atoms with van der Waals surface area (Å²) >= 11 is 0.956. The van der Waals surface area contributed by atoms with Crippen molar-refractivity contribution in [1.29, 1.82) is 0 Å². The van der Waals surface area contributed by atoms with E-state index in [1.807, 2.05) is 6.92 Å². The Labute approximate surface area is 97.5 Å². The zero-order chi connectivity index (χ0) is 12.5. The van der Waals surface area contributed by atoms with Gasteiger partial charge in [-0.15, -0.1) is 11.3 Å². The van der Waals surface area contributed by atoms with Gasteiger partial charge in [0, 0.05) is 12.8 Å². The van der Waals surface area contributed by atoms with E-state index in [2.05, 4.69) is 5.32 Å². The normalized spacial score (nSPS) is 11.4. The summed E-state index contributed by atoms with van der Waals surface area (Å²) in [4.78, 5) is 11.1. The highest BCUT2D eigenvalue weighted by molar-refractivity contribution is 7.91. The number of primary amides is 1. The summed E-state index contributed by atoms with van der Waals surface area (Å²) in [5.74, 6) is -0.725. The third-order valence-electron chi connectivity index (χ3n) is 1.83. The van der Waals surface area contributed by atoms with Gasteiger partial charge in [0.2, 0.25) is 0 Å². The molecular formula is C8H13N3O3S2. The smallest absolute Gasteiger partial charge is 0.261 e. The minimum absolute atomic E-state index is 0.0480. The summed E-state index contributed by atoms with van der Waals surface area (Å²) in [5, 5.41) is 3.21. The minimum atomic E-state index is -3.48. The Bertz CT molecular complexity index is 519. The number of nitrogens with two attached hydrogens (primary N) is 2. The molecule has 0 spiro atoms. The molecule has 6 nitrogen and oxygen atoms in total. The third kappa shape index (κ3) is 2.27. The van der Waals surface area contributed by atoms with Crippen molar-refractivity contribution in [2.45, 2.75) is 11.8 Å². The number of nitrogens with one attached hydrogen (secondary N) is 1. The van der Waals surface area contributed by atoms with Gasteiger partial charge < -0.3 is 16.8 Å². The van der Waals surface area contributed by atoms with Crippen molar-refractivity contribution in [1.82, 2.24) is 0 Å². The SMILES string of the molecule is CCNc1sc(C(N)=O)c(N)c1S(C)(=O)=O. The van der Waals surface area contributed by atoms with Gasteiger partial charge in [-0.1, -0.05) is 0 Å². The number of hydrogen-bond acceptors (Lipinski definition) is 6. The van der Waals surface area contributed by atoms with Crippen molar-refractivity contribution in [3.63, 3.8) is 0 Å². The van der Waals surface area contributed by atoms with E-state index in [-0.39, 0.29) is 15.5 Å². The Hall–Kier alpha value is -1.28. The number of carbonyl (C=O) groups excluding carboxylic acids is 1. The molecule has 0 aliphatic rings. The zero-order valence-electron chi connectivity index (χ0n) is 8.90. The van der Waals surface area contributed by atoms with Gasteiger partial charge in [0.1, 0.15) is 14.8 Å². The maximum absolute atomic E-state index is 11.5. The Morgan fingerprint density at radius 2 is 2.06 bits per heavy atom. The number of anilines is 2. The molecule has 1 amide bonds. The van der Waals surface area contributed by atoms with Crippen molar-refractivity contribution in [3.8, 4) is 0 Å². The van der Waals surface area contributed by atoms with Gasteiger partial charge in [-0.3, -0.25) is 4.79 Å². The summed E-state index contributed by atoms with van der Waals surface area (Å²) in [6.45, 7) is 2.34. The summed E-state index contributed by atoms with van der Waals surface area (Å²) in [5.41, 5.74) is 10.6. The molecule has 90 valence electrons. The molecule has 0 bridgehead atoms. The van der Waals surface area contributed by atoms with Crippen LogP contribution in [0.3, 0.4) is 0 Å². The first-order valence-corrected chi connectivity index (χ1v) is 7.15. The average Bonchev–Trinajstić information content (AvgIpc) is 2.42. The molecule has 0 unspecified atom stereocenters. The van der Waals surface area contributed by atoms with E-state index in [9.17, 15) is 13.2 Å². The Kier molecular flexibility index (Phi) is 3.44. The van der Waals surface area contributed by atoms with Gasteiger partial charge in [0.15, 0.2) is 9.84 Å². The fraction of sp³-hybridized carbons (Fsp3) is 0.375. The van der Waals surface area contributed by atoms with Crippen LogP contribution in [0.1, 0.15) is 16.6 Å². The van der Waals surface area contributed by atoms with Crippen LogP contribution in [0.2, 0.25) is 0 Å². The monoisotopic (exact) mass is 263 g/mol. The van der Waals surface area contributed by atoms with Gasteiger partial charge in [0.25, 0.3) is 5.91 Å². The second-order valence-corrected chi connectivity index (χ2v) is 6.14. The summed E-state index contributed by atoms with van der Waals surface area (Å²) in [7, 11) is -3.48. The fourth-order valence-electron chi connectivity index (χ4n) is 1.26. The lowest BCUT2D eigenvalue weighted by Gasteiger charge is -2.03. The molecule has 0 fully saturated rings. The lowest BCUT2D eigenvalue weighted by atomic mass is 10.4. The molecular weight excluding hydrogens is 250 g/mol. The van der Waals surface area contributed by atoms with Crippen LogP contribution in [0.15, 0.2) is 4.90 Å². The lowest BCUT2D eigenvalue weighted by molar-refractivity contribution is 0.100. The highest BCUT2D eigenvalue weighted by Crippen LogP contribution is 2.38. The Morgan fingerprint density at radius 1 is 1.50 bits per heavy atom. The number of hydrogen-bond donors (Lipinski definition) is 3. The fourth-order valence-corrected chi connectivity index (χ4v) is 3.75. The topological polar surface area (TPSA) is 115 Å². The van der Waals surface area contributed by atoms with Crippen LogP contribution in [-0.4, -0.2) is 27.1 Å². The number of nitrogen functional groups attached to an aromatic ring is 1. The molecule has 0 aliphatic carbocycles. The molecule has 0 radical (unpaired) electrons. The van der Waals surface area contributed by atoms with Crippen LogP contribution in [0.25, 0.3) is 0 Å². The van der Waals surface area contributed by atoms with Crippen LogP contribution < -0.4 is 16.8 Å². The van der Waals surface area contributed by atoms with Gasteiger partial charge >= 0.3 is 0 Å². The van der Waals surface area contributed by atoms with E-state index in [0.717, 1.165) is 17.6 Å². The molecule has 0 atom stereocenters. The van der Waals surface area contributed by atoms with Gasteiger partial charge in [-0.05, 0) is 6.92 Å². The van der Waals surface area contributed by atoms with Gasteiger partial charge in [0.05, 0.1) is 5.69 Å². The first-order chi connectivity index (χ1) is 7.29. The molecule has 1 rings (SSSR count). The van der Waals surface area contributed by atoms with Gasteiger partial charge in [-0.25, -0.2) is 8.42 Å². The predicted molar refractivity (Wildman–Crippen MR) is 64.5 cm³/mol. The standard InChI is InChI=1S/C8H13N3O3S2/c1-3-11-8-6(16(2,13)14)4(9)5(15-8)7(10)12/h11H,3,9H2,1-2H3,(H2,10,12). The van der Waals surface area contributed by atoms with E-state index in [0.29, 0.717) is 11.5 Å². The van der Waals surface area contributed by atoms with E-state index >= 15 is 0 Å². The molecule has 1 heterocycles. The average molecular weight is 263 g/mol. The maximum atomic E-state index is 11.5. The van der Waals surface area contributed by atoms with Crippen molar-refractivity contribution in [2.75, 3.05) is 23.9 Å². The second-order valence-electron chi connectivity index (χ2n) is 3.17. The van der Waals surface area contributed by atoms with E-state index in [4.69, 9.17) is 11.5 Å². The number of rotatable bonds is 4.